The summed E-state index contributed by atoms with van der Waals surface area (Å²) >= 11 is 0. The van der Waals surface area contributed by atoms with Gasteiger partial charge in [0.25, 0.3) is 0 Å². The first-order chi connectivity index (χ1) is 6.73. The average Bonchev–Trinajstić information content (AvgIpc) is 2.27. The van der Waals surface area contributed by atoms with Crippen LogP contribution in [-0.4, -0.2) is 12.1 Å². The highest BCUT2D eigenvalue weighted by atomic mass is 15.0. The van der Waals surface area contributed by atoms with E-state index in [-0.39, 0.29) is 5.54 Å². The van der Waals surface area contributed by atoms with Crippen LogP contribution in [0.4, 0.5) is 0 Å². The summed E-state index contributed by atoms with van der Waals surface area (Å²) in [4.78, 5) is 0. The lowest BCUT2D eigenvalue weighted by Crippen LogP contribution is -2.48. The van der Waals surface area contributed by atoms with Gasteiger partial charge in [-0.3, -0.25) is 5.32 Å². The Balaban J connectivity index is 2.57. The minimum atomic E-state index is -0.353. The Bertz CT molecular complexity index is 223. The summed E-state index contributed by atoms with van der Waals surface area (Å²) in [6, 6.07) is 2.42. The summed E-state index contributed by atoms with van der Waals surface area (Å²) in [5.41, 5.74) is -0.353. The molecule has 1 fully saturated rings. The molecular weight excluding hydrogens is 172 g/mol. The number of nitrogens with zero attached hydrogens (tertiary/aromatic N) is 1. The molecule has 1 aliphatic rings. The highest BCUT2D eigenvalue weighted by Crippen LogP contribution is 2.32. The molecule has 1 saturated carbocycles. The molecule has 1 aliphatic carbocycles. The SMILES string of the molecule is C=CCNC(C)(C#N)C1CCCCC1. The van der Waals surface area contributed by atoms with E-state index in [2.05, 4.69) is 18.0 Å². The van der Waals surface area contributed by atoms with Crippen LogP contribution in [0.25, 0.3) is 0 Å². The van der Waals surface area contributed by atoms with E-state index in [1.165, 1.54) is 32.1 Å². The van der Waals surface area contributed by atoms with Crippen LogP contribution in [0.1, 0.15) is 39.0 Å². The highest BCUT2D eigenvalue weighted by Gasteiger charge is 2.34. The van der Waals surface area contributed by atoms with Crippen LogP contribution in [0.15, 0.2) is 12.7 Å². The van der Waals surface area contributed by atoms with Crippen molar-refractivity contribution >= 4 is 0 Å². The first-order valence-electron chi connectivity index (χ1n) is 5.50. The van der Waals surface area contributed by atoms with Crippen LogP contribution in [0.5, 0.6) is 0 Å². The monoisotopic (exact) mass is 192 g/mol. The van der Waals surface area contributed by atoms with Crippen molar-refractivity contribution in [3.63, 3.8) is 0 Å². The van der Waals surface area contributed by atoms with E-state index in [1.807, 2.05) is 13.0 Å². The van der Waals surface area contributed by atoms with Crippen molar-refractivity contribution in [2.24, 2.45) is 5.92 Å². The zero-order chi connectivity index (χ0) is 10.4. The summed E-state index contributed by atoms with van der Waals surface area (Å²) < 4.78 is 0. The van der Waals surface area contributed by atoms with Gasteiger partial charge in [0.2, 0.25) is 0 Å². The molecule has 2 heteroatoms. The number of nitriles is 1. The van der Waals surface area contributed by atoms with E-state index in [4.69, 9.17) is 0 Å². The maximum Gasteiger partial charge on any atom is 0.107 e. The van der Waals surface area contributed by atoms with Crippen molar-refractivity contribution in [3.05, 3.63) is 12.7 Å². The van der Waals surface area contributed by atoms with Crippen molar-refractivity contribution in [2.75, 3.05) is 6.54 Å². The lowest BCUT2D eigenvalue weighted by Gasteiger charge is -2.35. The van der Waals surface area contributed by atoms with E-state index in [1.54, 1.807) is 0 Å². The molecule has 1 rings (SSSR count). The van der Waals surface area contributed by atoms with E-state index in [0.29, 0.717) is 5.92 Å². The lowest BCUT2D eigenvalue weighted by atomic mass is 9.76. The summed E-state index contributed by atoms with van der Waals surface area (Å²) in [6.45, 7) is 6.41. The molecule has 0 spiro atoms. The van der Waals surface area contributed by atoms with Crippen molar-refractivity contribution in [2.45, 2.75) is 44.6 Å². The van der Waals surface area contributed by atoms with Crippen molar-refractivity contribution in [1.82, 2.24) is 5.32 Å². The third-order valence-electron chi connectivity index (χ3n) is 3.27. The molecule has 2 nitrogen and oxygen atoms in total. The topological polar surface area (TPSA) is 35.8 Å². The standard InChI is InChI=1S/C12H20N2/c1-3-9-14-12(2,10-13)11-7-5-4-6-8-11/h3,11,14H,1,4-9H2,2H3. The molecule has 0 heterocycles. The summed E-state index contributed by atoms with van der Waals surface area (Å²) in [6.07, 6.45) is 8.08. The van der Waals surface area contributed by atoms with Gasteiger partial charge in [-0.25, -0.2) is 0 Å². The first-order valence-corrected chi connectivity index (χ1v) is 5.50. The molecule has 14 heavy (non-hydrogen) atoms. The predicted molar refractivity (Wildman–Crippen MR) is 58.8 cm³/mol. The molecule has 0 aromatic rings. The zero-order valence-electron chi connectivity index (χ0n) is 9.05. The molecular formula is C12H20N2. The number of rotatable bonds is 4. The summed E-state index contributed by atoms with van der Waals surface area (Å²) in [5, 5.41) is 12.5. The fraction of sp³-hybridized carbons (Fsp3) is 0.750. The molecule has 0 bridgehead atoms. The summed E-state index contributed by atoms with van der Waals surface area (Å²) in [5.74, 6) is 0.515. The Hall–Kier alpha value is -0.810. The van der Waals surface area contributed by atoms with Gasteiger partial charge in [0, 0.05) is 6.54 Å². The Morgan fingerprint density at radius 2 is 2.14 bits per heavy atom. The molecule has 1 atom stereocenters. The van der Waals surface area contributed by atoms with Crippen LogP contribution in [0.2, 0.25) is 0 Å². The highest BCUT2D eigenvalue weighted by molar-refractivity contribution is 5.09. The quantitative estimate of drug-likeness (QED) is 0.695. The van der Waals surface area contributed by atoms with Crippen LogP contribution in [0, 0.1) is 17.2 Å². The summed E-state index contributed by atoms with van der Waals surface area (Å²) in [7, 11) is 0. The fourth-order valence-electron chi connectivity index (χ4n) is 2.24. The third kappa shape index (κ3) is 2.59. The van der Waals surface area contributed by atoms with Gasteiger partial charge in [0.1, 0.15) is 5.54 Å². The molecule has 0 radical (unpaired) electrons. The van der Waals surface area contributed by atoms with Gasteiger partial charge in [-0.1, -0.05) is 25.3 Å². The minimum Gasteiger partial charge on any atom is -0.296 e. The molecule has 1 N–H and O–H groups in total. The second-order valence-corrected chi connectivity index (χ2v) is 4.32. The number of hydrogen-bond donors (Lipinski definition) is 1. The van der Waals surface area contributed by atoms with Gasteiger partial charge >= 0.3 is 0 Å². The van der Waals surface area contributed by atoms with E-state index in [9.17, 15) is 5.26 Å². The van der Waals surface area contributed by atoms with Gasteiger partial charge in [-0.05, 0) is 25.7 Å². The molecule has 1 unspecified atom stereocenters. The van der Waals surface area contributed by atoms with Gasteiger partial charge in [-0.2, -0.15) is 5.26 Å². The lowest BCUT2D eigenvalue weighted by molar-refractivity contribution is 0.233. The Morgan fingerprint density at radius 1 is 1.50 bits per heavy atom. The molecule has 0 saturated heterocycles. The van der Waals surface area contributed by atoms with Crippen molar-refractivity contribution < 1.29 is 0 Å². The molecule has 78 valence electrons. The minimum absolute atomic E-state index is 0.353. The molecule has 0 amide bonds. The van der Waals surface area contributed by atoms with Crippen molar-refractivity contribution in [1.29, 1.82) is 5.26 Å². The Morgan fingerprint density at radius 3 is 2.64 bits per heavy atom. The second kappa shape index (κ2) is 5.17. The number of nitrogens with one attached hydrogen (secondary N) is 1. The molecule has 0 aromatic carbocycles. The average molecular weight is 192 g/mol. The third-order valence-corrected chi connectivity index (χ3v) is 3.27. The van der Waals surface area contributed by atoms with E-state index >= 15 is 0 Å². The first kappa shape index (κ1) is 11.3. The smallest absolute Gasteiger partial charge is 0.107 e. The predicted octanol–water partition coefficient (Wildman–Crippen LogP) is 2.62. The van der Waals surface area contributed by atoms with Crippen LogP contribution in [0.3, 0.4) is 0 Å². The van der Waals surface area contributed by atoms with Crippen LogP contribution in [-0.2, 0) is 0 Å². The maximum atomic E-state index is 9.22. The normalized spacial score (nSPS) is 22.3. The Kier molecular flexibility index (Phi) is 4.16. The zero-order valence-corrected chi connectivity index (χ0v) is 9.05. The maximum absolute atomic E-state index is 9.22. The fourth-order valence-corrected chi connectivity index (χ4v) is 2.24. The van der Waals surface area contributed by atoms with Gasteiger partial charge < -0.3 is 0 Å². The van der Waals surface area contributed by atoms with Crippen molar-refractivity contribution in [3.8, 4) is 6.07 Å². The molecule has 0 aliphatic heterocycles. The molecule has 0 aromatic heterocycles. The van der Waals surface area contributed by atoms with E-state index < -0.39 is 0 Å². The van der Waals surface area contributed by atoms with Gasteiger partial charge in [0.05, 0.1) is 6.07 Å². The largest absolute Gasteiger partial charge is 0.296 e. The van der Waals surface area contributed by atoms with Crippen LogP contribution < -0.4 is 5.32 Å². The van der Waals surface area contributed by atoms with Gasteiger partial charge in [0.15, 0.2) is 0 Å². The van der Waals surface area contributed by atoms with E-state index in [0.717, 1.165) is 6.54 Å². The van der Waals surface area contributed by atoms with Gasteiger partial charge in [-0.15, -0.1) is 6.58 Å². The second-order valence-electron chi connectivity index (χ2n) is 4.32. The van der Waals surface area contributed by atoms with Crippen LogP contribution >= 0.6 is 0 Å². The number of hydrogen-bond acceptors (Lipinski definition) is 2. The Labute approximate surface area is 87.0 Å².